The maximum Gasteiger partial charge on any atom is 0.237 e. The van der Waals surface area contributed by atoms with E-state index in [9.17, 15) is 4.79 Å². The molecule has 2 atom stereocenters. The topological polar surface area (TPSA) is 68.0 Å². The van der Waals surface area contributed by atoms with Crippen LogP contribution in [-0.4, -0.2) is 16.1 Å². The van der Waals surface area contributed by atoms with Gasteiger partial charge >= 0.3 is 0 Å². The smallest absolute Gasteiger partial charge is 0.237 e. The van der Waals surface area contributed by atoms with Crippen molar-refractivity contribution in [2.45, 2.75) is 24.1 Å². The SMILES string of the molecule is CC(Sc1ccccn1)C(C)C(=O)NN. The predicted octanol–water partition coefficient (Wildman–Crippen LogP) is 1.19. The molecule has 82 valence electrons. The molecule has 0 saturated carbocycles. The van der Waals surface area contributed by atoms with Gasteiger partial charge in [0.05, 0.1) is 5.03 Å². The molecule has 3 N–H and O–H groups in total. The van der Waals surface area contributed by atoms with Crippen LogP contribution in [0.25, 0.3) is 0 Å². The van der Waals surface area contributed by atoms with Gasteiger partial charge in [-0.1, -0.05) is 19.9 Å². The van der Waals surface area contributed by atoms with Crippen LogP contribution in [-0.2, 0) is 4.79 Å². The number of aromatic nitrogens is 1. The second-order valence-electron chi connectivity index (χ2n) is 3.29. The fourth-order valence-electron chi connectivity index (χ4n) is 1.05. The monoisotopic (exact) mass is 225 g/mol. The van der Waals surface area contributed by atoms with Crippen LogP contribution >= 0.6 is 11.8 Å². The first-order valence-electron chi connectivity index (χ1n) is 4.73. The van der Waals surface area contributed by atoms with E-state index in [1.165, 1.54) is 0 Å². The summed E-state index contributed by atoms with van der Waals surface area (Å²) < 4.78 is 0. The van der Waals surface area contributed by atoms with Crippen LogP contribution in [0.1, 0.15) is 13.8 Å². The van der Waals surface area contributed by atoms with Gasteiger partial charge < -0.3 is 0 Å². The molecule has 0 fully saturated rings. The molecular weight excluding hydrogens is 210 g/mol. The Morgan fingerprint density at radius 1 is 1.53 bits per heavy atom. The highest BCUT2D eigenvalue weighted by atomic mass is 32.2. The molecule has 1 aromatic rings. The average Bonchev–Trinajstić information content (AvgIpc) is 2.28. The zero-order valence-corrected chi connectivity index (χ0v) is 9.62. The van der Waals surface area contributed by atoms with Crippen molar-refractivity contribution >= 4 is 17.7 Å². The molecule has 1 rings (SSSR count). The molecule has 0 spiro atoms. The number of nitrogens with two attached hydrogens (primary N) is 1. The molecule has 2 unspecified atom stereocenters. The van der Waals surface area contributed by atoms with E-state index >= 15 is 0 Å². The van der Waals surface area contributed by atoms with E-state index in [2.05, 4.69) is 10.4 Å². The van der Waals surface area contributed by atoms with E-state index in [1.807, 2.05) is 32.0 Å². The predicted molar refractivity (Wildman–Crippen MR) is 61.1 cm³/mol. The van der Waals surface area contributed by atoms with Crippen LogP contribution in [0.2, 0.25) is 0 Å². The van der Waals surface area contributed by atoms with Crippen LogP contribution in [0.15, 0.2) is 29.4 Å². The summed E-state index contributed by atoms with van der Waals surface area (Å²) in [6.07, 6.45) is 1.74. The fourth-order valence-corrected chi connectivity index (χ4v) is 2.04. The molecule has 1 aromatic heterocycles. The van der Waals surface area contributed by atoms with E-state index in [4.69, 9.17) is 5.84 Å². The Balaban J connectivity index is 2.56. The standard InChI is InChI=1S/C10H15N3OS/c1-7(10(14)13-11)8(2)15-9-5-3-4-6-12-9/h3-8H,11H2,1-2H3,(H,13,14). The van der Waals surface area contributed by atoms with E-state index in [-0.39, 0.29) is 17.1 Å². The molecular formula is C10H15N3OS. The molecule has 15 heavy (non-hydrogen) atoms. The molecule has 1 amide bonds. The summed E-state index contributed by atoms with van der Waals surface area (Å²) >= 11 is 1.57. The lowest BCUT2D eigenvalue weighted by molar-refractivity contribution is -0.124. The summed E-state index contributed by atoms with van der Waals surface area (Å²) in [5.74, 6) is 4.80. The second-order valence-corrected chi connectivity index (χ2v) is 4.69. The van der Waals surface area contributed by atoms with Gasteiger partial charge in [0.1, 0.15) is 0 Å². The third-order valence-corrected chi connectivity index (χ3v) is 3.47. The van der Waals surface area contributed by atoms with Crippen molar-refractivity contribution in [1.29, 1.82) is 0 Å². The van der Waals surface area contributed by atoms with Crippen LogP contribution in [0, 0.1) is 5.92 Å². The van der Waals surface area contributed by atoms with E-state index in [0.717, 1.165) is 5.03 Å². The lowest BCUT2D eigenvalue weighted by atomic mass is 10.1. The first-order chi connectivity index (χ1) is 7.15. The van der Waals surface area contributed by atoms with Gasteiger partial charge in [-0.25, -0.2) is 10.8 Å². The number of hydrazine groups is 1. The van der Waals surface area contributed by atoms with Crippen LogP contribution in [0.3, 0.4) is 0 Å². The number of hydrogen-bond acceptors (Lipinski definition) is 4. The molecule has 0 aliphatic carbocycles. The van der Waals surface area contributed by atoms with Crippen LogP contribution in [0.4, 0.5) is 0 Å². The third kappa shape index (κ3) is 3.53. The Labute approximate surface area is 93.6 Å². The summed E-state index contributed by atoms with van der Waals surface area (Å²) in [5, 5.41) is 1.06. The number of nitrogens with one attached hydrogen (secondary N) is 1. The van der Waals surface area contributed by atoms with Gasteiger partial charge in [-0.15, -0.1) is 11.8 Å². The molecule has 0 saturated heterocycles. The third-order valence-electron chi connectivity index (χ3n) is 2.20. The molecule has 0 aliphatic rings. The highest BCUT2D eigenvalue weighted by Crippen LogP contribution is 2.25. The number of rotatable bonds is 4. The fraction of sp³-hybridized carbons (Fsp3) is 0.400. The van der Waals surface area contributed by atoms with Gasteiger partial charge in [0.2, 0.25) is 5.91 Å². The van der Waals surface area contributed by atoms with Crippen molar-refractivity contribution in [1.82, 2.24) is 10.4 Å². The lowest BCUT2D eigenvalue weighted by Gasteiger charge is -2.16. The minimum atomic E-state index is -0.147. The number of nitrogens with zero attached hydrogens (tertiary/aromatic N) is 1. The van der Waals surface area contributed by atoms with Gasteiger partial charge in [-0.05, 0) is 12.1 Å². The number of carbonyl (C=O) groups is 1. The Bertz CT molecular complexity index is 318. The summed E-state index contributed by atoms with van der Waals surface area (Å²) in [7, 11) is 0. The van der Waals surface area contributed by atoms with Gasteiger partial charge in [-0.2, -0.15) is 0 Å². The van der Waals surface area contributed by atoms with Crippen molar-refractivity contribution in [2.75, 3.05) is 0 Å². The van der Waals surface area contributed by atoms with Crippen molar-refractivity contribution in [2.24, 2.45) is 11.8 Å². The Morgan fingerprint density at radius 3 is 2.80 bits per heavy atom. The molecule has 1 heterocycles. The molecule has 4 nitrogen and oxygen atoms in total. The van der Waals surface area contributed by atoms with Gasteiger partial charge in [0.15, 0.2) is 0 Å². The number of carbonyl (C=O) groups excluding carboxylic acids is 1. The van der Waals surface area contributed by atoms with Crippen molar-refractivity contribution in [3.05, 3.63) is 24.4 Å². The van der Waals surface area contributed by atoms with Crippen molar-refractivity contribution in [3.8, 4) is 0 Å². The molecule has 0 bridgehead atoms. The Morgan fingerprint density at radius 2 is 2.27 bits per heavy atom. The highest BCUT2D eigenvalue weighted by Gasteiger charge is 2.20. The maximum atomic E-state index is 11.3. The number of pyridine rings is 1. The Hall–Kier alpha value is -1.07. The maximum absolute atomic E-state index is 11.3. The molecule has 0 radical (unpaired) electrons. The van der Waals surface area contributed by atoms with Crippen LogP contribution in [0.5, 0.6) is 0 Å². The minimum Gasteiger partial charge on any atom is -0.294 e. The quantitative estimate of drug-likeness (QED) is 0.349. The van der Waals surface area contributed by atoms with Crippen molar-refractivity contribution in [3.63, 3.8) is 0 Å². The summed E-state index contributed by atoms with van der Waals surface area (Å²) in [6.45, 7) is 3.84. The van der Waals surface area contributed by atoms with E-state index in [1.54, 1.807) is 18.0 Å². The average molecular weight is 225 g/mol. The van der Waals surface area contributed by atoms with Gasteiger partial charge in [0, 0.05) is 17.4 Å². The summed E-state index contributed by atoms with van der Waals surface area (Å²) in [6, 6.07) is 5.72. The molecule has 0 aliphatic heterocycles. The summed E-state index contributed by atoms with van der Waals surface area (Å²) in [5.41, 5.74) is 2.16. The largest absolute Gasteiger partial charge is 0.294 e. The lowest BCUT2D eigenvalue weighted by Crippen LogP contribution is -2.38. The number of thioether (sulfide) groups is 1. The van der Waals surface area contributed by atoms with Gasteiger partial charge in [-0.3, -0.25) is 10.2 Å². The van der Waals surface area contributed by atoms with Crippen LogP contribution < -0.4 is 11.3 Å². The van der Waals surface area contributed by atoms with E-state index in [0.29, 0.717) is 0 Å². The zero-order valence-electron chi connectivity index (χ0n) is 8.81. The second kappa shape index (κ2) is 5.72. The zero-order chi connectivity index (χ0) is 11.3. The minimum absolute atomic E-state index is 0.137. The summed E-state index contributed by atoms with van der Waals surface area (Å²) in [4.78, 5) is 15.5. The van der Waals surface area contributed by atoms with Crippen molar-refractivity contribution < 1.29 is 4.79 Å². The molecule has 0 aromatic carbocycles. The molecule has 5 heteroatoms. The first-order valence-corrected chi connectivity index (χ1v) is 5.61. The Kier molecular flexibility index (Phi) is 4.58. The normalized spacial score (nSPS) is 14.3. The first kappa shape index (κ1) is 12.0. The highest BCUT2D eigenvalue weighted by molar-refractivity contribution is 7.99. The van der Waals surface area contributed by atoms with Gasteiger partial charge in [0.25, 0.3) is 0 Å². The van der Waals surface area contributed by atoms with E-state index < -0.39 is 0 Å². The number of amides is 1. The number of hydrogen-bond donors (Lipinski definition) is 2.